The van der Waals surface area contributed by atoms with Gasteiger partial charge in [0.05, 0.1) is 26.4 Å². The first-order valence-electron chi connectivity index (χ1n) is 14.3. The molecule has 1 aliphatic rings. The average Bonchev–Trinajstić information content (AvgIpc) is 2.90. The third kappa shape index (κ3) is 7.95. The molecule has 212 valence electrons. The predicted molar refractivity (Wildman–Crippen MR) is 151 cm³/mol. The molecule has 38 heavy (non-hydrogen) atoms. The van der Waals surface area contributed by atoms with Crippen LogP contribution in [0.25, 0.3) is 0 Å². The van der Waals surface area contributed by atoms with Gasteiger partial charge < -0.3 is 28.4 Å². The summed E-state index contributed by atoms with van der Waals surface area (Å²) >= 11 is 0. The fourth-order valence-corrected chi connectivity index (χ4v) is 5.40. The number of benzene rings is 2. The Labute approximate surface area is 229 Å². The molecule has 0 heterocycles. The Balaban J connectivity index is 1.60. The molecule has 1 fully saturated rings. The second-order valence-corrected chi connectivity index (χ2v) is 10.7. The molecule has 2 aromatic rings. The quantitative estimate of drug-likeness (QED) is 0.222. The molecule has 0 bridgehead atoms. The van der Waals surface area contributed by atoms with Crippen molar-refractivity contribution in [1.29, 1.82) is 0 Å². The first-order valence-corrected chi connectivity index (χ1v) is 14.3. The zero-order valence-electron chi connectivity index (χ0n) is 24.5. The monoisotopic (exact) mass is 528 g/mol. The Kier molecular flexibility index (Phi) is 11.5. The Morgan fingerprint density at radius 1 is 0.684 bits per heavy atom. The Bertz CT molecular complexity index is 919. The second-order valence-electron chi connectivity index (χ2n) is 10.7. The zero-order chi connectivity index (χ0) is 27.6. The SMILES string of the molecule is CCOC(OCC)Oc1ccc(C2(C)CCC(C(C)(C)c3ccc(OC(OCC)OCC)cc3)CC2)cc1. The lowest BCUT2D eigenvalue weighted by molar-refractivity contribution is -0.242. The van der Waals surface area contributed by atoms with E-state index in [0.717, 1.165) is 24.3 Å². The van der Waals surface area contributed by atoms with Crippen molar-refractivity contribution in [3.05, 3.63) is 59.7 Å². The maximum absolute atomic E-state index is 5.87. The van der Waals surface area contributed by atoms with Crippen molar-refractivity contribution < 1.29 is 28.4 Å². The molecule has 0 aliphatic heterocycles. The molecule has 0 spiro atoms. The summed E-state index contributed by atoms with van der Waals surface area (Å²) in [6.07, 6.45) is 4.70. The van der Waals surface area contributed by atoms with E-state index in [1.54, 1.807) is 0 Å². The molecule has 0 N–H and O–H groups in total. The summed E-state index contributed by atoms with van der Waals surface area (Å²) in [5, 5.41) is 0. The smallest absolute Gasteiger partial charge is 0.315 e. The lowest BCUT2D eigenvalue weighted by atomic mass is 9.60. The van der Waals surface area contributed by atoms with E-state index in [-0.39, 0.29) is 10.8 Å². The number of ether oxygens (including phenoxy) is 6. The van der Waals surface area contributed by atoms with Gasteiger partial charge in [-0.25, -0.2) is 0 Å². The molecule has 2 aromatic carbocycles. The minimum atomic E-state index is -0.670. The van der Waals surface area contributed by atoms with E-state index in [1.807, 2.05) is 52.0 Å². The summed E-state index contributed by atoms with van der Waals surface area (Å²) in [6.45, 7) is 15.7. The van der Waals surface area contributed by atoms with E-state index < -0.39 is 13.0 Å². The summed E-state index contributed by atoms with van der Waals surface area (Å²) in [6, 6.07) is 16.9. The van der Waals surface area contributed by atoms with Crippen LogP contribution in [-0.4, -0.2) is 39.4 Å². The molecule has 1 aliphatic carbocycles. The van der Waals surface area contributed by atoms with Crippen molar-refractivity contribution in [2.75, 3.05) is 26.4 Å². The minimum Gasteiger partial charge on any atom is -0.441 e. The highest BCUT2D eigenvalue weighted by atomic mass is 16.8. The molecule has 0 atom stereocenters. The van der Waals surface area contributed by atoms with Gasteiger partial charge in [-0.2, -0.15) is 0 Å². The standard InChI is InChI=1S/C32H48O6/c1-8-33-29(34-9-2)37-27-16-12-24(13-17-27)31(5,6)25-20-22-32(7,23-21-25)26-14-18-28(19-15-26)38-30(35-10-3)36-11-4/h12-19,25,29-30H,8-11,20-23H2,1-7H3. The number of hydrogen-bond acceptors (Lipinski definition) is 6. The fraction of sp³-hybridized carbons (Fsp3) is 0.625. The number of rotatable bonds is 15. The summed E-state index contributed by atoms with van der Waals surface area (Å²) in [5.74, 6) is 2.14. The maximum atomic E-state index is 5.87. The first-order chi connectivity index (χ1) is 18.3. The van der Waals surface area contributed by atoms with Crippen molar-refractivity contribution in [2.24, 2.45) is 5.92 Å². The lowest BCUT2D eigenvalue weighted by Crippen LogP contribution is -2.37. The van der Waals surface area contributed by atoms with Crippen LogP contribution in [0.1, 0.15) is 85.3 Å². The third-order valence-electron chi connectivity index (χ3n) is 7.93. The van der Waals surface area contributed by atoms with Gasteiger partial charge in [-0.3, -0.25) is 0 Å². The largest absolute Gasteiger partial charge is 0.441 e. The van der Waals surface area contributed by atoms with E-state index in [0.29, 0.717) is 32.3 Å². The second kappa shape index (κ2) is 14.3. The lowest BCUT2D eigenvalue weighted by Gasteiger charge is -2.44. The van der Waals surface area contributed by atoms with Gasteiger partial charge in [0.15, 0.2) is 0 Å². The van der Waals surface area contributed by atoms with Gasteiger partial charge in [0, 0.05) is 0 Å². The molecule has 0 radical (unpaired) electrons. The normalized spacial score (nSPS) is 20.2. The molecule has 6 heteroatoms. The topological polar surface area (TPSA) is 55.4 Å². The molecule has 6 nitrogen and oxygen atoms in total. The van der Waals surface area contributed by atoms with Crippen LogP contribution in [0.5, 0.6) is 11.5 Å². The van der Waals surface area contributed by atoms with Crippen LogP contribution in [0.4, 0.5) is 0 Å². The summed E-state index contributed by atoms with van der Waals surface area (Å²) < 4.78 is 33.8. The fourth-order valence-electron chi connectivity index (χ4n) is 5.40. The zero-order valence-corrected chi connectivity index (χ0v) is 24.5. The molecule has 0 aromatic heterocycles. The van der Waals surface area contributed by atoms with Crippen molar-refractivity contribution in [1.82, 2.24) is 0 Å². The van der Waals surface area contributed by atoms with E-state index in [2.05, 4.69) is 45.0 Å². The molecular weight excluding hydrogens is 480 g/mol. The molecular formula is C32H48O6. The minimum absolute atomic E-state index is 0.0738. The Morgan fingerprint density at radius 3 is 1.47 bits per heavy atom. The summed E-state index contributed by atoms with van der Waals surface area (Å²) in [5.41, 5.74) is 2.94. The average molecular weight is 529 g/mol. The van der Waals surface area contributed by atoms with Crippen molar-refractivity contribution in [2.45, 2.75) is 97.9 Å². The molecule has 0 saturated heterocycles. The van der Waals surface area contributed by atoms with Crippen LogP contribution in [-0.2, 0) is 29.8 Å². The van der Waals surface area contributed by atoms with Gasteiger partial charge in [-0.1, -0.05) is 45.0 Å². The highest BCUT2D eigenvalue weighted by molar-refractivity contribution is 5.34. The first kappa shape index (κ1) is 30.4. The van der Waals surface area contributed by atoms with E-state index in [1.165, 1.54) is 24.0 Å². The van der Waals surface area contributed by atoms with Gasteiger partial charge in [-0.05, 0) is 106 Å². The highest BCUT2D eigenvalue weighted by Crippen LogP contribution is 2.48. The third-order valence-corrected chi connectivity index (χ3v) is 7.93. The summed E-state index contributed by atoms with van der Waals surface area (Å²) in [4.78, 5) is 0. The van der Waals surface area contributed by atoms with Crippen LogP contribution < -0.4 is 9.47 Å². The summed E-state index contributed by atoms with van der Waals surface area (Å²) in [7, 11) is 0. The van der Waals surface area contributed by atoms with Crippen molar-refractivity contribution in [3.63, 3.8) is 0 Å². The molecule has 1 saturated carbocycles. The van der Waals surface area contributed by atoms with Crippen LogP contribution in [0.15, 0.2) is 48.5 Å². The van der Waals surface area contributed by atoms with Crippen LogP contribution in [0.2, 0.25) is 0 Å². The van der Waals surface area contributed by atoms with Gasteiger partial charge in [0.1, 0.15) is 11.5 Å². The van der Waals surface area contributed by atoms with E-state index >= 15 is 0 Å². The number of hydrogen-bond donors (Lipinski definition) is 0. The van der Waals surface area contributed by atoms with Crippen LogP contribution in [0.3, 0.4) is 0 Å². The predicted octanol–water partition coefficient (Wildman–Crippen LogP) is 7.58. The highest BCUT2D eigenvalue weighted by Gasteiger charge is 2.39. The Morgan fingerprint density at radius 2 is 1.08 bits per heavy atom. The van der Waals surface area contributed by atoms with Crippen LogP contribution >= 0.6 is 0 Å². The van der Waals surface area contributed by atoms with Crippen molar-refractivity contribution in [3.8, 4) is 11.5 Å². The maximum Gasteiger partial charge on any atom is 0.315 e. The van der Waals surface area contributed by atoms with Crippen LogP contribution in [0, 0.1) is 5.92 Å². The molecule has 3 rings (SSSR count). The molecule has 0 unspecified atom stereocenters. The Hall–Kier alpha value is -2.12. The van der Waals surface area contributed by atoms with Gasteiger partial charge in [0.2, 0.25) is 0 Å². The van der Waals surface area contributed by atoms with E-state index in [4.69, 9.17) is 28.4 Å². The van der Waals surface area contributed by atoms with Crippen molar-refractivity contribution >= 4 is 0 Å². The van der Waals surface area contributed by atoms with Gasteiger partial charge in [-0.15, -0.1) is 0 Å². The van der Waals surface area contributed by atoms with E-state index in [9.17, 15) is 0 Å². The van der Waals surface area contributed by atoms with Gasteiger partial charge >= 0.3 is 13.0 Å². The van der Waals surface area contributed by atoms with Gasteiger partial charge in [0.25, 0.3) is 0 Å². The molecule has 0 amide bonds.